The second-order valence-corrected chi connectivity index (χ2v) is 4.25. The Morgan fingerprint density at radius 3 is 2.75 bits per heavy atom. The Labute approximate surface area is 96.5 Å². The summed E-state index contributed by atoms with van der Waals surface area (Å²) >= 11 is 0. The van der Waals surface area contributed by atoms with Crippen LogP contribution in [0, 0.1) is 19.8 Å². The molecule has 1 atom stereocenters. The van der Waals surface area contributed by atoms with Crippen molar-refractivity contribution in [1.82, 2.24) is 5.32 Å². The van der Waals surface area contributed by atoms with E-state index in [1.807, 2.05) is 39.0 Å². The molecular weight excluding hydrogens is 202 g/mol. The number of carbonyl (C=O) groups excluding carboxylic acids is 1. The van der Waals surface area contributed by atoms with Crippen LogP contribution in [0.25, 0.3) is 0 Å². The zero-order valence-corrected chi connectivity index (χ0v) is 10.1. The van der Waals surface area contributed by atoms with E-state index in [0.29, 0.717) is 12.1 Å². The van der Waals surface area contributed by atoms with Crippen LogP contribution < -0.4 is 5.32 Å². The summed E-state index contributed by atoms with van der Waals surface area (Å²) in [6.07, 6.45) is 0. The Hall–Kier alpha value is -1.35. The Bertz CT molecular complexity index is 374. The van der Waals surface area contributed by atoms with Gasteiger partial charge in [0.1, 0.15) is 0 Å². The third kappa shape index (κ3) is 3.07. The van der Waals surface area contributed by atoms with E-state index in [4.69, 9.17) is 5.11 Å². The van der Waals surface area contributed by atoms with Crippen LogP contribution in [0.1, 0.15) is 28.4 Å². The minimum atomic E-state index is -0.0681. The van der Waals surface area contributed by atoms with Crippen molar-refractivity contribution in [3.05, 3.63) is 34.9 Å². The molecule has 1 unspecified atom stereocenters. The first kappa shape index (κ1) is 12.7. The molecule has 0 aliphatic heterocycles. The number of aryl methyl sites for hydroxylation is 1. The van der Waals surface area contributed by atoms with Crippen LogP contribution in [-0.2, 0) is 0 Å². The zero-order valence-electron chi connectivity index (χ0n) is 10.1. The Morgan fingerprint density at radius 1 is 1.44 bits per heavy atom. The minimum absolute atomic E-state index is 0.0681. The van der Waals surface area contributed by atoms with Crippen molar-refractivity contribution in [2.75, 3.05) is 13.2 Å². The van der Waals surface area contributed by atoms with Crippen molar-refractivity contribution in [1.29, 1.82) is 0 Å². The predicted octanol–water partition coefficient (Wildman–Crippen LogP) is 1.66. The molecule has 0 bridgehead atoms. The summed E-state index contributed by atoms with van der Waals surface area (Å²) in [6.45, 7) is 6.42. The van der Waals surface area contributed by atoms with E-state index >= 15 is 0 Å². The standard InChI is InChI=1S/C13H19NO2/c1-9(8-15)7-14-13(16)12-6-4-5-10(2)11(12)3/h4-6,9,15H,7-8H2,1-3H3,(H,14,16). The highest BCUT2D eigenvalue weighted by Gasteiger charge is 2.10. The number of rotatable bonds is 4. The normalized spacial score (nSPS) is 12.2. The maximum Gasteiger partial charge on any atom is 0.251 e. The van der Waals surface area contributed by atoms with E-state index in [1.165, 1.54) is 0 Å². The first-order chi connectivity index (χ1) is 7.56. The monoisotopic (exact) mass is 221 g/mol. The van der Waals surface area contributed by atoms with Crippen LogP contribution in [0.5, 0.6) is 0 Å². The molecule has 1 aromatic carbocycles. The molecular formula is C13H19NO2. The predicted molar refractivity (Wildman–Crippen MR) is 64.5 cm³/mol. The summed E-state index contributed by atoms with van der Waals surface area (Å²) in [5, 5.41) is 11.7. The van der Waals surface area contributed by atoms with Gasteiger partial charge < -0.3 is 10.4 Å². The number of hydrogen-bond acceptors (Lipinski definition) is 2. The highest BCUT2D eigenvalue weighted by molar-refractivity contribution is 5.95. The molecule has 16 heavy (non-hydrogen) atoms. The van der Waals surface area contributed by atoms with Crippen molar-refractivity contribution < 1.29 is 9.90 Å². The van der Waals surface area contributed by atoms with Crippen LogP contribution in [0.2, 0.25) is 0 Å². The number of hydrogen-bond donors (Lipinski definition) is 2. The molecule has 0 saturated heterocycles. The third-order valence-electron chi connectivity index (χ3n) is 2.77. The molecule has 0 aliphatic rings. The summed E-state index contributed by atoms with van der Waals surface area (Å²) < 4.78 is 0. The molecule has 2 N–H and O–H groups in total. The highest BCUT2D eigenvalue weighted by atomic mass is 16.3. The van der Waals surface area contributed by atoms with Gasteiger partial charge in [0, 0.05) is 18.7 Å². The van der Waals surface area contributed by atoms with Crippen molar-refractivity contribution in [2.45, 2.75) is 20.8 Å². The maximum atomic E-state index is 11.8. The molecule has 1 aromatic rings. The fourth-order valence-electron chi connectivity index (χ4n) is 1.42. The number of aliphatic hydroxyl groups is 1. The summed E-state index contributed by atoms with van der Waals surface area (Å²) in [5.74, 6) is 0.0237. The highest BCUT2D eigenvalue weighted by Crippen LogP contribution is 2.12. The van der Waals surface area contributed by atoms with Gasteiger partial charge in [0.2, 0.25) is 0 Å². The fourth-order valence-corrected chi connectivity index (χ4v) is 1.42. The molecule has 0 saturated carbocycles. The van der Waals surface area contributed by atoms with E-state index in [9.17, 15) is 4.79 Å². The van der Waals surface area contributed by atoms with Gasteiger partial charge in [-0.2, -0.15) is 0 Å². The van der Waals surface area contributed by atoms with Gasteiger partial charge in [0.15, 0.2) is 0 Å². The van der Waals surface area contributed by atoms with E-state index in [2.05, 4.69) is 5.32 Å². The van der Waals surface area contributed by atoms with Gasteiger partial charge >= 0.3 is 0 Å². The Kier molecular flexibility index (Phi) is 4.50. The molecule has 1 rings (SSSR count). The average Bonchev–Trinajstić information content (AvgIpc) is 2.29. The van der Waals surface area contributed by atoms with E-state index in [1.54, 1.807) is 0 Å². The number of amides is 1. The van der Waals surface area contributed by atoms with Crippen LogP contribution in [0.3, 0.4) is 0 Å². The largest absolute Gasteiger partial charge is 0.396 e. The molecule has 0 spiro atoms. The summed E-state index contributed by atoms with van der Waals surface area (Å²) in [6, 6.07) is 5.69. The molecule has 88 valence electrons. The quantitative estimate of drug-likeness (QED) is 0.812. The van der Waals surface area contributed by atoms with Crippen molar-refractivity contribution >= 4 is 5.91 Å². The van der Waals surface area contributed by atoms with Crippen LogP contribution in [0.15, 0.2) is 18.2 Å². The van der Waals surface area contributed by atoms with Gasteiger partial charge in [-0.1, -0.05) is 19.1 Å². The van der Waals surface area contributed by atoms with Gasteiger partial charge in [0.05, 0.1) is 0 Å². The molecule has 0 aliphatic carbocycles. The Balaban J connectivity index is 2.70. The van der Waals surface area contributed by atoms with Gasteiger partial charge in [0.25, 0.3) is 5.91 Å². The van der Waals surface area contributed by atoms with E-state index in [-0.39, 0.29) is 18.4 Å². The summed E-state index contributed by atoms with van der Waals surface area (Å²) in [5.41, 5.74) is 2.84. The molecule has 0 fully saturated rings. The van der Waals surface area contributed by atoms with E-state index < -0.39 is 0 Å². The summed E-state index contributed by atoms with van der Waals surface area (Å²) in [7, 11) is 0. The fraction of sp³-hybridized carbons (Fsp3) is 0.462. The maximum absolute atomic E-state index is 11.8. The van der Waals surface area contributed by atoms with Gasteiger partial charge in [-0.25, -0.2) is 0 Å². The first-order valence-corrected chi connectivity index (χ1v) is 5.51. The van der Waals surface area contributed by atoms with Crippen LogP contribution >= 0.6 is 0 Å². The van der Waals surface area contributed by atoms with Gasteiger partial charge in [-0.3, -0.25) is 4.79 Å². The first-order valence-electron chi connectivity index (χ1n) is 5.51. The second-order valence-electron chi connectivity index (χ2n) is 4.25. The number of benzene rings is 1. The van der Waals surface area contributed by atoms with Crippen LogP contribution in [-0.4, -0.2) is 24.2 Å². The minimum Gasteiger partial charge on any atom is -0.396 e. The lowest BCUT2D eigenvalue weighted by atomic mass is 10.0. The molecule has 0 aromatic heterocycles. The van der Waals surface area contributed by atoms with E-state index in [0.717, 1.165) is 11.1 Å². The lowest BCUT2D eigenvalue weighted by Gasteiger charge is -2.12. The van der Waals surface area contributed by atoms with Crippen LogP contribution in [0.4, 0.5) is 0 Å². The number of aliphatic hydroxyl groups excluding tert-OH is 1. The molecule has 3 heteroatoms. The molecule has 3 nitrogen and oxygen atoms in total. The summed E-state index contributed by atoms with van der Waals surface area (Å²) in [4.78, 5) is 11.8. The van der Waals surface area contributed by atoms with Crippen molar-refractivity contribution in [2.24, 2.45) is 5.92 Å². The molecule has 1 amide bonds. The van der Waals surface area contributed by atoms with Gasteiger partial charge in [-0.05, 0) is 37.0 Å². The average molecular weight is 221 g/mol. The third-order valence-corrected chi connectivity index (χ3v) is 2.77. The lowest BCUT2D eigenvalue weighted by Crippen LogP contribution is -2.30. The second kappa shape index (κ2) is 5.66. The molecule has 0 heterocycles. The molecule has 0 radical (unpaired) electrons. The Morgan fingerprint density at radius 2 is 2.12 bits per heavy atom. The lowest BCUT2D eigenvalue weighted by molar-refractivity contribution is 0.0941. The van der Waals surface area contributed by atoms with Crippen molar-refractivity contribution in [3.63, 3.8) is 0 Å². The smallest absolute Gasteiger partial charge is 0.251 e. The topological polar surface area (TPSA) is 49.3 Å². The number of nitrogens with one attached hydrogen (secondary N) is 1. The SMILES string of the molecule is Cc1cccc(C(=O)NCC(C)CO)c1C. The number of carbonyl (C=O) groups is 1. The van der Waals surface area contributed by atoms with Crippen molar-refractivity contribution in [3.8, 4) is 0 Å². The van der Waals surface area contributed by atoms with Gasteiger partial charge in [-0.15, -0.1) is 0 Å². The zero-order chi connectivity index (χ0) is 12.1.